The largest absolute Gasteiger partial charge is 0.347 e. The van der Waals surface area contributed by atoms with E-state index in [2.05, 4.69) is 15.6 Å². The normalized spacial score (nSPS) is 19.0. The lowest BCUT2D eigenvalue weighted by Crippen LogP contribution is -2.44. The van der Waals surface area contributed by atoms with E-state index in [0.29, 0.717) is 43.9 Å². The monoisotopic (exact) mass is 346 g/mol. The van der Waals surface area contributed by atoms with Crippen LogP contribution < -0.4 is 10.6 Å². The second-order valence-electron chi connectivity index (χ2n) is 5.54. The first-order valence-electron chi connectivity index (χ1n) is 7.50. The minimum atomic E-state index is -2.62. The number of hydrogen-bond donors (Lipinski definition) is 2. The zero-order chi connectivity index (χ0) is 16.7. The van der Waals surface area contributed by atoms with Gasteiger partial charge in [0.25, 0.3) is 5.92 Å². The first-order chi connectivity index (χ1) is 11.0. The zero-order valence-electron chi connectivity index (χ0n) is 12.6. The summed E-state index contributed by atoms with van der Waals surface area (Å²) in [6.07, 6.45) is 3.40. The van der Waals surface area contributed by atoms with Gasteiger partial charge in [-0.3, -0.25) is 14.5 Å². The van der Waals surface area contributed by atoms with Crippen molar-refractivity contribution in [3.63, 3.8) is 0 Å². The van der Waals surface area contributed by atoms with Gasteiger partial charge in [0.1, 0.15) is 6.04 Å². The number of likely N-dealkylation sites (tertiary alicyclic amines) is 1. The quantitative estimate of drug-likeness (QED) is 0.703. The van der Waals surface area contributed by atoms with Crippen molar-refractivity contribution in [3.05, 3.63) is 11.6 Å². The predicted molar refractivity (Wildman–Crippen MR) is 83.6 cm³/mol. The average molecular weight is 346 g/mol. The molecular formula is C14H20F2N4O2S. The van der Waals surface area contributed by atoms with Gasteiger partial charge in [0, 0.05) is 18.0 Å². The third-order valence-corrected chi connectivity index (χ3v) is 4.38. The summed E-state index contributed by atoms with van der Waals surface area (Å²) in [6.45, 7) is 0.897. The van der Waals surface area contributed by atoms with Gasteiger partial charge in [-0.25, -0.2) is 13.8 Å². The number of carbonyl (C=O) groups excluding carboxylic acids is 2. The summed E-state index contributed by atoms with van der Waals surface area (Å²) in [4.78, 5) is 28.4. The number of rotatable bonds is 8. The van der Waals surface area contributed by atoms with E-state index < -0.39 is 12.0 Å². The number of hydrogen-bond acceptors (Lipinski definition) is 5. The molecule has 2 amide bonds. The number of halogens is 2. The van der Waals surface area contributed by atoms with Gasteiger partial charge in [0.05, 0.1) is 6.54 Å². The van der Waals surface area contributed by atoms with Crippen LogP contribution >= 0.6 is 11.3 Å². The number of nitrogens with zero attached hydrogens (tertiary/aromatic N) is 2. The molecule has 0 aromatic carbocycles. The Bertz CT molecular complexity index is 513. The van der Waals surface area contributed by atoms with Crippen molar-refractivity contribution >= 4 is 28.8 Å². The molecule has 2 heterocycles. The van der Waals surface area contributed by atoms with Crippen LogP contribution in [0.25, 0.3) is 0 Å². The summed E-state index contributed by atoms with van der Waals surface area (Å²) >= 11 is 1.28. The summed E-state index contributed by atoms with van der Waals surface area (Å²) in [5.41, 5.74) is 0. The topological polar surface area (TPSA) is 74.3 Å². The Morgan fingerprint density at radius 1 is 1.57 bits per heavy atom. The maximum atomic E-state index is 13.3. The number of anilines is 1. The highest BCUT2D eigenvalue weighted by Gasteiger charge is 2.34. The number of alkyl halides is 2. The summed E-state index contributed by atoms with van der Waals surface area (Å²) in [6, 6.07) is -0.693. The van der Waals surface area contributed by atoms with E-state index in [1.54, 1.807) is 16.5 Å². The lowest BCUT2D eigenvalue weighted by molar-refractivity contribution is -0.121. The van der Waals surface area contributed by atoms with E-state index in [1.165, 1.54) is 11.3 Å². The number of amides is 2. The molecule has 1 atom stereocenters. The van der Waals surface area contributed by atoms with Crippen LogP contribution in [0.4, 0.5) is 13.9 Å². The zero-order valence-corrected chi connectivity index (χ0v) is 13.5. The first kappa shape index (κ1) is 17.7. The lowest BCUT2D eigenvalue weighted by atomic mass is 10.1. The Morgan fingerprint density at radius 3 is 3.04 bits per heavy atom. The van der Waals surface area contributed by atoms with Crippen LogP contribution in [-0.2, 0) is 9.59 Å². The number of piperidine rings is 1. The van der Waals surface area contributed by atoms with Gasteiger partial charge >= 0.3 is 0 Å². The molecule has 2 rings (SSSR count). The highest BCUT2D eigenvalue weighted by Crippen LogP contribution is 2.26. The lowest BCUT2D eigenvalue weighted by Gasteiger charge is -2.32. The molecule has 1 unspecified atom stereocenters. The van der Waals surface area contributed by atoms with Gasteiger partial charge in [-0.1, -0.05) is 0 Å². The molecule has 1 aromatic heterocycles. The fourth-order valence-corrected chi connectivity index (χ4v) is 3.14. The Hall–Kier alpha value is -1.61. The van der Waals surface area contributed by atoms with E-state index in [4.69, 9.17) is 0 Å². The van der Waals surface area contributed by atoms with Crippen LogP contribution in [0.3, 0.4) is 0 Å². The van der Waals surface area contributed by atoms with Gasteiger partial charge in [0.2, 0.25) is 12.3 Å². The van der Waals surface area contributed by atoms with Crippen molar-refractivity contribution in [2.24, 2.45) is 0 Å². The summed E-state index contributed by atoms with van der Waals surface area (Å²) in [7, 11) is 0. The third-order valence-electron chi connectivity index (χ3n) is 3.69. The smallest absolute Gasteiger partial charge is 0.260 e. The molecule has 23 heavy (non-hydrogen) atoms. The molecule has 0 bridgehead atoms. The Kier molecular flexibility index (Phi) is 6.40. The predicted octanol–water partition coefficient (Wildman–Crippen LogP) is 1.71. The maximum absolute atomic E-state index is 13.3. The van der Waals surface area contributed by atoms with E-state index in [0.717, 1.165) is 0 Å². The molecule has 0 radical (unpaired) electrons. The molecular weight excluding hydrogens is 326 g/mol. The fourth-order valence-electron chi connectivity index (χ4n) is 2.61. The van der Waals surface area contributed by atoms with Gasteiger partial charge in [0.15, 0.2) is 5.13 Å². The van der Waals surface area contributed by atoms with Crippen LogP contribution in [0.15, 0.2) is 11.6 Å². The van der Waals surface area contributed by atoms with E-state index >= 15 is 0 Å². The molecule has 9 heteroatoms. The van der Waals surface area contributed by atoms with Gasteiger partial charge in [-0.2, -0.15) is 0 Å². The minimum Gasteiger partial charge on any atom is -0.347 e. The van der Waals surface area contributed by atoms with Crippen molar-refractivity contribution in [1.82, 2.24) is 15.2 Å². The molecule has 0 saturated carbocycles. The number of carbonyl (C=O) groups is 2. The van der Waals surface area contributed by atoms with Crippen LogP contribution in [0.1, 0.15) is 25.7 Å². The van der Waals surface area contributed by atoms with Crippen LogP contribution in [0.2, 0.25) is 0 Å². The van der Waals surface area contributed by atoms with Gasteiger partial charge in [-0.15, -0.1) is 11.3 Å². The molecule has 1 saturated heterocycles. The molecule has 1 aromatic rings. The standard InChI is InChI=1S/C14H20F2N4O2S/c15-14(16)4-2-7-20(9-14)6-1-3-11(18-10-21)12(22)19-13-17-5-8-23-13/h5,8,10-11H,1-4,6-7,9H2,(H,18,21)(H,17,19,22). The SMILES string of the molecule is O=CNC(CCCN1CCCC(F)(F)C1)C(=O)Nc1nccs1. The average Bonchev–Trinajstić information content (AvgIpc) is 2.98. The van der Waals surface area contributed by atoms with Crippen LogP contribution in [0, 0.1) is 0 Å². The minimum absolute atomic E-state index is 0.0605. The Labute approximate surface area is 137 Å². The molecule has 1 aliphatic rings. The molecule has 0 spiro atoms. The number of nitrogens with one attached hydrogen (secondary N) is 2. The van der Waals surface area contributed by atoms with Crippen LogP contribution in [0.5, 0.6) is 0 Å². The molecule has 6 nitrogen and oxygen atoms in total. The molecule has 1 fully saturated rings. The summed E-state index contributed by atoms with van der Waals surface area (Å²) in [5, 5.41) is 7.28. The molecule has 1 aliphatic heterocycles. The summed E-state index contributed by atoms with van der Waals surface area (Å²) in [5.74, 6) is -2.97. The highest BCUT2D eigenvalue weighted by molar-refractivity contribution is 7.13. The van der Waals surface area contributed by atoms with Crippen LogP contribution in [-0.4, -0.2) is 53.8 Å². The van der Waals surface area contributed by atoms with E-state index in [9.17, 15) is 18.4 Å². The third kappa shape index (κ3) is 5.83. The van der Waals surface area contributed by atoms with Crippen molar-refractivity contribution in [2.75, 3.05) is 25.0 Å². The second-order valence-corrected chi connectivity index (χ2v) is 6.44. The Morgan fingerprint density at radius 2 is 2.39 bits per heavy atom. The molecule has 2 N–H and O–H groups in total. The molecule has 128 valence electrons. The highest BCUT2D eigenvalue weighted by atomic mass is 32.1. The summed E-state index contributed by atoms with van der Waals surface area (Å²) < 4.78 is 26.7. The van der Waals surface area contributed by atoms with Gasteiger partial charge < -0.3 is 10.6 Å². The fraction of sp³-hybridized carbons (Fsp3) is 0.643. The van der Waals surface area contributed by atoms with Crippen molar-refractivity contribution < 1.29 is 18.4 Å². The van der Waals surface area contributed by atoms with E-state index in [1.807, 2.05) is 0 Å². The number of aromatic nitrogens is 1. The maximum Gasteiger partial charge on any atom is 0.260 e. The second kappa shape index (κ2) is 8.30. The van der Waals surface area contributed by atoms with Crippen molar-refractivity contribution in [3.8, 4) is 0 Å². The molecule has 0 aliphatic carbocycles. The van der Waals surface area contributed by atoms with Crippen molar-refractivity contribution in [2.45, 2.75) is 37.6 Å². The van der Waals surface area contributed by atoms with Gasteiger partial charge in [-0.05, 0) is 32.4 Å². The Balaban J connectivity index is 1.77. The first-order valence-corrected chi connectivity index (χ1v) is 8.38. The van der Waals surface area contributed by atoms with E-state index in [-0.39, 0.29) is 18.9 Å². The number of thiazole rings is 1. The van der Waals surface area contributed by atoms with Crippen molar-refractivity contribution in [1.29, 1.82) is 0 Å².